The number of piperidine rings is 1. The molecule has 1 aromatic carbocycles. The van der Waals surface area contributed by atoms with Crippen LogP contribution in [0.1, 0.15) is 71.3 Å². The molecule has 2 aliphatic rings. The first-order valence-corrected chi connectivity index (χ1v) is 14.6. The Balaban J connectivity index is 1.25. The lowest BCUT2D eigenvalue weighted by Crippen LogP contribution is -2.39. The molecular formula is C32H39N7O2. The van der Waals surface area contributed by atoms with Gasteiger partial charge in [0, 0.05) is 46.9 Å². The van der Waals surface area contributed by atoms with E-state index in [9.17, 15) is 9.59 Å². The lowest BCUT2D eigenvalue weighted by Gasteiger charge is -2.38. The quantitative estimate of drug-likeness (QED) is 0.314. The summed E-state index contributed by atoms with van der Waals surface area (Å²) in [4.78, 5) is 38.5. The number of ketones is 1. The van der Waals surface area contributed by atoms with Crippen molar-refractivity contribution in [3.05, 3.63) is 65.7 Å². The molecule has 0 bridgehead atoms. The van der Waals surface area contributed by atoms with Crippen molar-refractivity contribution in [2.24, 2.45) is 0 Å². The van der Waals surface area contributed by atoms with Crippen LogP contribution in [-0.4, -0.2) is 82.0 Å². The minimum Gasteiger partial charge on any atom is -0.346 e. The normalized spacial score (nSPS) is 17.4. The van der Waals surface area contributed by atoms with Crippen molar-refractivity contribution in [3.8, 4) is 11.1 Å². The number of carbonyl (C=O) groups is 2. The van der Waals surface area contributed by atoms with E-state index >= 15 is 0 Å². The van der Waals surface area contributed by atoms with Crippen LogP contribution in [0, 0.1) is 0 Å². The molecule has 0 saturated carbocycles. The highest BCUT2D eigenvalue weighted by molar-refractivity contribution is 6.07. The van der Waals surface area contributed by atoms with Gasteiger partial charge in [0.15, 0.2) is 5.78 Å². The molecule has 0 radical (unpaired) electrons. The van der Waals surface area contributed by atoms with E-state index in [0.717, 1.165) is 73.0 Å². The zero-order valence-corrected chi connectivity index (χ0v) is 24.4. The fourth-order valence-electron chi connectivity index (χ4n) is 6.49. The summed E-state index contributed by atoms with van der Waals surface area (Å²) in [7, 11) is 6.28. The fourth-order valence-corrected chi connectivity index (χ4v) is 6.49. The average molecular weight is 554 g/mol. The third kappa shape index (κ3) is 5.20. The third-order valence-electron chi connectivity index (χ3n) is 9.05. The molecule has 214 valence electrons. The summed E-state index contributed by atoms with van der Waals surface area (Å²) in [6.45, 7) is 5.13. The Bertz CT molecular complexity index is 1590. The van der Waals surface area contributed by atoms with Crippen LogP contribution in [0.3, 0.4) is 0 Å². The molecule has 1 aliphatic heterocycles. The summed E-state index contributed by atoms with van der Waals surface area (Å²) in [5, 5.41) is 8.39. The predicted molar refractivity (Wildman–Crippen MR) is 162 cm³/mol. The molecule has 1 unspecified atom stereocenters. The Labute approximate surface area is 240 Å². The number of H-pyrrole nitrogens is 1. The van der Waals surface area contributed by atoms with E-state index in [1.165, 1.54) is 5.56 Å². The van der Waals surface area contributed by atoms with Gasteiger partial charge in [-0.25, -0.2) is 4.98 Å². The number of hydrogen-bond acceptors (Lipinski definition) is 6. The van der Waals surface area contributed by atoms with Gasteiger partial charge in [-0.05, 0) is 89.7 Å². The highest BCUT2D eigenvalue weighted by atomic mass is 16.1. The van der Waals surface area contributed by atoms with E-state index in [0.29, 0.717) is 17.7 Å². The lowest BCUT2D eigenvalue weighted by molar-refractivity contribution is 0.0945. The van der Waals surface area contributed by atoms with Crippen molar-refractivity contribution < 1.29 is 9.59 Å². The predicted octanol–water partition coefficient (Wildman–Crippen LogP) is 5.13. The topological polar surface area (TPSA) is 99.1 Å². The monoisotopic (exact) mass is 553 g/mol. The van der Waals surface area contributed by atoms with Crippen LogP contribution in [0.2, 0.25) is 0 Å². The number of carbonyl (C=O) groups excluding carboxylic acids is 2. The Morgan fingerprint density at radius 3 is 2.73 bits per heavy atom. The third-order valence-corrected chi connectivity index (χ3v) is 9.05. The Hall–Kier alpha value is -3.82. The zero-order valence-electron chi connectivity index (χ0n) is 24.4. The van der Waals surface area contributed by atoms with Crippen LogP contribution in [0.15, 0.2) is 49.1 Å². The second-order valence-electron chi connectivity index (χ2n) is 12.1. The summed E-state index contributed by atoms with van der Waals surface area (Å²) in [5.74, 6) is 0.0270. The van der Waals surface area contributed by atoms with E-state index in [-0.39, 0.29) is 23.1 Å². The zero-order chi connectivity index (χ0) is 28.7. The summed E-state index contributed by atoms with van der Waals surface area (Å²) in [5.41, 5.74) is 5.85. The molecule has 9 heteroatoms. The Morgan fingerprint density at radius 1 is 1.17 bits per heavy atom. The minimum atomic E-state index is -0.225. The number of amides is 1. The molecule has 6 rings (SSSR count). The van der Waals surface area contributed by atoms with E-state index in [1.807, 2.05) is 35.3 Å². The van der Waals surface area contributed by atoms with Crippen molar-refractivity contribution in [3.63, 3.8) is 0 Å². The van der Waals surface area contributed by atoms with Crippen LogP contribution in [-0.2, 0) is 5.41 Å². The first-order valence-electron chi connectivity index (χ1n) is 14.6. The summed E-state index contributed by atoms with van der Waals surface area (Å²) in [6.07, 6.45) is 11.7. The summed E-state index contributed by atoms with van der Waals surface area (Å²) < 4.78 is 1.94. The molecule has 4 aromatic rings. The molecule has 1 amide bonds. The van der Waals surface area contributed by atoms with Crippen LogP contribution in [0.4, 0.5) is 5.69 Å². The molecule has 3 aromatic heterocycles. The number of aromatic nitrogens is 4. The van der Waals surface area contributed by atoms with E-state index in [2.05, 4.69) is 64.3 Å². The van der Waals surface area contributed by atoms with Gasteiger partial charge in [0.25, 0.3) is 5.91 Å². The van der Waals surface area contributed by atoms with Gasteiger partial charge in [-0.15, -0.1) is 0 Å². The first kappa shape index (κ1) is 27.4. The number of aromatic amines is 1. The molecule has 1 saturated heterocycles. The number of anilines is 1. The van der Waals surface area contributed by atoms with Crippen molar-refractivity contribution in [1.82, 2.24) is 29.5 Å². The SMILES string of the molecule is CCC(CCN(C)C)n1cc(NC(=O)c2cnc3[nH]cc(-c4ccc5c(c4)C4(CCN(C)CC4)CC5=O)c3c2)cn1. The average Bonchev–Trinajstić information content (AvgIpc) is 3.67. The number of rotatable bonds is 8. The van der Waals surface area contributed by atoms with Gasteiger partial charge >= 0.3 is 0 Å². The van der Waals surface area contributed by atoms with E-state index < -0.39 is 0 Å². The van der Waals surface area contributed by atoms with Gasteiger partial charge < -0.3 is 20.1 Å². The van der Waals surface area contributed by atoms with Crippen molar-refractivity contribution >= 4 is 28.4 Å². The molecule has 9 nitrogen and oxygen atoms in total. The van der Waals surface area contributed by atoms with Crippen molar-refractivity contribution in [2.75, 3.05) is 46.1 Å². The molecular weight excluding hydrogens is 514 g/mol. The van der Waals surface area contributed by atoms with Crippen molar-refractivity contribution in [2.45, 2.75) is 50.5 Å². The lowest BCUT2D eigenvalue weighted by atomic mass is 9.73. The maximum atomic E-state index is 13.3. The largest absolute Gasteiger partial charge is 0.346 e. The smallest absolute Gasteiger partial charge is 0.257 e. The van der Waals surface area contributed by atoms with Crippen LogP contribution in [0.5, 0.6) is 0 Å². The van der Waals surface area contributed by atoms with Gasteiger partial charge in [-0.1, -0.05) is 19.1 Å². The van der Waals surface area contributed by atoms with Crippen LogP contribution < -0.4 is 5.32 Å². The standard InChI is InChI=1S/C32H39N7O2/c1-5-24(8-11-37(2)3)39-20-23(18-35-39)36-31(41)22-14-26-27(19-34-30(26)33-17-22)21-6-7-25-28(15-21)32(16-29(25)40)9-12-38(4)13-10-32/h6-7,14-15,17-20,24H,5,8-13,16H2,1-4H3,(H,33,34)(H,36,41). The molecule has 1 atom stereocenters. The number of likely N-dealkylation sites (tertiary alicyclic amines) is 1. The number of nitrogens with one attached hydrogen (secondary N) is 2. The number of pyridine rings is 1. The number of hydrogen-bond donors (Lipinski definition) is 2. The fraction of sp³-hybridized carbons (Fsp3) is 0.438. The van der Waals surface area contributed by atoms with E-state index in [1.54, 1.807) is 12.4 Å². The molecule has 1 spiro atoms. The maximum absolute atomic E-state index is 13.3. The number of benzene rings is 1. The maximum Gasteiger partial charge on any atom is 0.257 e. The molecule has 4 heterocycles. The van der Waals surface area contributed by atoms with Gasteiger partial charge in [0.2, 0.25) is 0 Å². The van der Waals surface area contributed by atoms with Gasteiger partial charge in [0.05, 0.1) is 23.5 Å². The van der Waals surface area contributed by atoms with Crippen LogP contribution >= 0.6 is 0 Å². The molecule has 2 N–H and O–H groups in total. The summed E-state index contributed by atoms with van der Waals surface area (Å²) >= 11 is 0. The molecule has 1 aliphatic carbocycles. The van der Waals surface area contributed by atoms with Gasteiger partial charge in [0.1, 0.15) is 5.65 Å². The highest BCUT2D eigenvalue weighted by Gasteiger charge is 2.44. The minimum absolute atomic E-state index is 0.0714. The number of Topliss-reactive ketones (excluding diaryl/α,β-unsaturated/α-hetero) is 1. The summed E-state index contributed by atoms with van der Waals surface area (Å²) in [6, 6.07) is 8.39. The highest BCUT2D eigenvalue weighted by Crippen LogP contribution is 2.47. The second-order valence-corrected chi connectivity index (χ2v) is 12.1. The first-order chi connectivity index (χ1) is 19.8. The van der Waals surface area contributed by atoms with Crippen molar-refractivity contribution in [1.29, 1.82) is 0 Å². The van der Waals surface area contributed by atoms with Gasteiger partial charge in [-0.2, -0.15) is 5.10 Å². The number of nitrogens with zero attached hydrogens (tertiary/aromatic N) is 5. The van der Waals surface area contributed by atoms with Gasteiger partial charge in [-0.3, -0.25) is 14.3 Å². The Morgan fingerprint density at radius 2 is 1.98 bits per heavy atom. The van der Waals surface area contributed by atoms with E-state index in [4.69, 9.17) is 0 Å². The number of fused-ring (bicyclic) bond motifs is 3. The second kappa shape index (κ2) is 10.9. The molecule has 1 fully saturated rings. The molecule has 41 heavy (non-hydrogen) atoms. The Kier molecular flexibility index (Phi) is 7.25. The van der Waals surface area contributed by atoms with Crippen LogP contribution in [0.25, 0.3) is 22.2 Å².